The number of hydrogen-bond acceptors (Lipinski definition) is 7. The SMILES string of the molecule is COc1cnc(CO[C@@H]2CC[C@H]2NC(=O)c2cnc3c4[nH]ccc4c(Cl)nn23)cc1N. The first-order chi connectivity index (χ1) is 15.0. The van der Waals surface area contributed by atoms with E-state index in [-0.39, 0.29) is 18.1 Å². The number of carbonyl (C=O) groups is 1. The quantitative estimate of drug-likeness (QED) is 0.418. The molecule has 1 aliphatic rings. The van der Waals surface area contributed by atoms with Gasteiger partial charge in [0.05, 0.1) is 55.2 Å². The number of fused-ring (bicyclic) bond motifs is 3. The molecule has 4 heterocycles. The van der Waals surface area contributed by atoms with Crippen LogP contribution < -0.4 is 15.8 Å². The lowest BCUT2D eigenvalue weighted by Crippen LogP contribution is -2.51. The minimum atomic E-state index is -0.285. The van der Waals surface area contributed by atoms with E-state index in [1.807, 2.05) is 6.07 Å². The van der Waals surface area contributed by atoms with Gasteiger partial charge in [0.2, 0.25) is 0 Å². The number of pyridine rings is 1. The van der Waals surface area contributed by atoms with Crippen LogP contribution in [0.25, 0.3) is 16.6 Å². The molecule has 4 N–H and O–H groups in total. The van der Waals surface area contributed by atoms with Crippen LogP contribution in [0.5, 0.6) is 5.75 Å². The Morgan fingerprint density at radius 3 is 3.00 bits per heavy atom. The maximum Gasteiger partial charge on any atom is 0.271 e. The minimum absolute atomic E-state index is 0.111. The summed E-state index contributed by atoms with van der Waals surface area (Å²) < 4.78 is 12.5. The van der Waals surface area contributed by atoms with E-state index in [1.165, 1.54) is 10.7 Å². The molecular weight excluding hydrogens is 422 g/mol. The average Bonchev–Trinajstić information content (AvgIpc) is 3.38. The Kier molecular flexibility index (Phi) is 4.87. The number of anilines is 1. The van der Waals surface area contributed by atoms with Crippen molar-refractivity contribution in [3.8, 4) is 5.75 Å². The van der Waals surface area contributed by atoms with E-state index in [0.717, 1.165) is 23.7 Å². The number of nitrogen functional groups attached to an aromatic ring is 1. The van der Waals surface area contributed by atoms with Gasteiger partial charge in [-0.3, -0.25) is 9.78 Å². The van der Waals surface area contributed by atoms with Crippen LogP contribution in [0, 0.1) is 0 Å². The van der Waals surface area contributed by atoms with Crippen LogP contribution in [-0.2, 0) is 11.3 Å². The van der Waals surface area contributed by atoms with Gasteiger partial charge in [0.25, 0.3) is 5.91 Å². The van der Waals surface area contributed by atoms with Crippen molar-refractivity contribution in [2.75, 3.05) is 12.8 Å². The minimum Gasteiger partial charge on any atom is -0.493 e. The van der Waals surface area contributed by atoms with Crippen LogP contribution in [0.3, 0.4) is 0 Å². The zero-order valence-corrected chi connectivity index (χ0v) is 17.4. The number of amides is 1. The number of nitrogens with two attached hydrogens (primary N) is 1. The third-order valence-corrected chi connectivity index (χ3v) is 5.78. The molecule has 0 radical (unpaired) electrons. The van der Waals surface area contributed by atoms with Crippen LogP contribution >= 0.6 is 11.6 Å². The number of aromatic nitrogens is 5. The normalized spacial score (nSPS) is 18.3. The monoisotopic (exact) mass is 441 g/mol. The third-order valence-electron chi connectivity index (χ3n) is 5.50. The number of ether oxygens (including phenoxy) is 2. The second-order valence-electron chi connectivity index (χ2n) is 7.36. The van der Waals surface area contributed by atoms with Crippen molar-refractivity contribution in [2.24, 2.45) is 0 Å². The molecule has 0 aromatic carbocycles. The van der Waals surface area contributed by atoms with Crippen LogP contribution in [0.4, 0.5) is 5.69 Å². The molecular formula is C20H20ClN7O3. The predicted molar refractivity (Wildman–Crippen MR) is 114 cm³/mol. The van der Waals surface area contributed by atoms with Gasteiger partial charge in [0.15, 0.2) is 22.2 Å². The lowest BCUT2D eigenvalue weighted by molar-refractivity contribution is -0.0351. The zero-order chi connectivity index (χ0) is 21.5. The Hall–Kier alpha value is -3.37. The Morgan fingerprint density at radius 1 is 1.39 bits per heavy atom. The van der Waals surface area contributed by atoms with Gasteiger partial charge in [-0.05, 0) is 25.0 Å². The number of rotatable bonds is 6. The van der Waals surface area contributed by atoms with E-state index in [0.29, 0.717) is 40.2 Å². The van der Waals surface area contributed by atoms with Crippen LogP contribution in [-0.4, -0.2) is 49.7 Å². The number of imidazole rings is 1. The first kappa shape index (κ1) is 19.6. The Balaban J connectivity index is 1.26. The molecule has 0 aliphatic heterocycles. The topological polar surface area (TPSA) is 132 Å². The molecule has 1 aliphatic carbocycles. The van der Waals surface area contributed by atoms with Gasteiger partial charge >= 0.3 is 0 Å². The van der Waals surface area contributed by atoms with Crippen molar-refractivity contribution >= 4 is 39.7 Å². The van der Waals surface area contributed by atoms with E-state index in [4.69, 9.17) is 26.8 Å². The summed E-state index contributed by atoms with van der Waals surface area (Å²) in [5, 5.41) is 8.36. The maximum atomic E-state index is 12.9. The molecule has 4 aromatic rings. The molecule has 5 rings (SSSR count). The molecule has 0 saturated heterocycles. The van der Waals surface area contributed by atoms with Crippen LogP contribution in [0.15, 0.2) is 30.7 Å². The number of nitrogens with one attached hydrogen (secondary N) is 2. The summed E-state index contributed by atoms with van der Waals surface area (Å²) in [6, 6.07) is 3.43. The molecule has 1 saturated carbocycles. The molecule has 0 spiro atoms. The zero-order valence-electron chi connectivity index (χ0n) is 16.6. The van der Waals surface area contributed by atoms with Gasteiger partial charge in [-0.15, -0.1) is 0 Å². The van der Waals surface area contributed by atoms with Gasteiger partial charge in [0, 0.05) is 11.6 Å². The first-order valence-corrected chi connectivity index (χ1v) is 10.1. The third kappa shape index (κ3) is 3.43. The molecule has 160 valence electrons. The fraction of sp³-hybridized carbons (Fsp3) is 0.300. The van der Waals surface area contributed by atoms with Crippen molar-refractivity contribution in [3.63, 3.8) is 0 Å². The maximum absolute atomic E-state index is 12.9. The highest BCUT2D eigenvalue weighted by atomic mass is 35.5. The van der Waals surface area contributed by atoms with Crippen LogP contribution in [0.1, 0.15) is 29.0 Å². The summed E-state index contributed by atoms with van der Waals surface area (Å²) in [5.41, 5.74) is 8.70. The molecule has 0 bridgehead atoms. The van der Waals surface area contributed by atoms with Gasteiger partial charge in [-0.2, -0.15) is 5.10 Å². The number of carbonyl (C=O) groups excluding carboxylic acids is 1. The highest BCUT2D eigenvalue weighted by Gasteiger charge is 2.34. The Bertz CT molecular complexity index is 1280. The summed E-state index contributed by atoms with van der Waals surface area (Å²) in [4.78, 5) is 24.6. The van der Waals surface area contributed by atoms with E-state index < -0.39 is 0 Å². The number of aromatic amines is 1. The van der Waals surface area contributed by atoms with Crippen molar-refractivity contribution in [3.05, 3.63) is 47.3 Å². The van der Waals surface area contributed by atoms with Crippen LogP contribution in [0.2, 0.25) is 5.15 Å². The van der Waals surface area contributed by atoms with Crippen molar-refractivity contribution in [1.29, 1.82) is 0 Å². The van der Waals surface area contributed by atoms with Crippen molar-refractivity contribution in [1.82, 2.24) is 29.9 Å². The molecule has 0 unspecified atom stereocenters. The summed E-state index contributed by atoms with van der Waals surface area (Å²) in [6.07, 6.45) is 6.37. The lowest BCUT2D eigenvalue weighted by atomic mass is 9.89. The summed E-state index contributed by atoms with van der Waals surface area (Å²) in [7, 11) is 1.54. The lowest BCUT2D eigenvalue weighted by Gasteiger charge is -2.36. The number of halogens is 1. The van der Waals surface area contributed by atoms with Gasteiger partial charge in [-0.1, -0.05) is 11.6 Å². The highest BCUT2D eigenvalue weighted by Crippen LogP contribution is 2.27. The fourth-order valence-electron chi connectivity index (χ4n) is 3.66. The van der Waals surface area contributed by atoms with Crippen molar-refractivity contribution < 1.29 is 14.3 Å². The number of H-pyrrole nitrogens is 1. The summed E-state index contributed by atoms with van der Waals surface area (Å²) >= 11 is 6.25. The number of methoxy groups -OCH3 is 1. The second-order valence-corrected chi connectivity index (χ2v) is 7.72. The molecule has 4 aromatic heterocycles. The van der Waals surface area contributed by atoms with Gasteiger partial charge in [-0.25, -0.2) is 9.50 Å². The van der Waals surface area contributed by atoms with Gasteiger partial charge < -0.3 is 25.5 Å². The van der Waals surface area contributed by atoms with E-state index in [2.05, 4.69) is 25.4 Å². The second kappa shape index (κ2) is 7.71. The average molecular weight is 442 g/mol. The van der Waals surface area contributed by atoms with E-state index in [1.54, 1.807) is 25.6 Å². The summed E-state index contributed by atoms with van der Waals surface area (Å²) in [6.45, 7) is 0.294. The standard InChI is InChI=1S/C20H20ClN7O3/c1-30-16-8-24-10(6-12(16)22)9-31-15-3-2-13(15)26-20(29)14-7-25-19-17-11(4-5-23-17)18(21)27-28(14)19/h4-8,13,15,23H,2-3,9H2,1H3,(H2,22,24)(H,26,29)/t13-,15-/m1/s1. The number of nitrogens with zero attached hydrogens (tertiary/aromatic N) is 4. The highest BCUT2D eigenvalue weighted by molar-refractivity contribution is 6.34. The number of hydrogen-bond donors (Lipinski definition) is 3. The molecule has 31 heavy (non-hydrogen) atoms. The molecule has 1 fully saturated rings. The first-order valence-electron chi connectivity index (χ1n) is 9.76. The Morgan fingerprint density at radius 2 is 2.26 bits per heavy atom. The molecule has 2 atom stereocenters. The van der Waals surface area contributed by atoms with Crippen molar-refractivity contribution in [2.45, 2.75) is 31.6 Å². The van der Waals surface area contributed by atoms with E-state index >= 15 is 0 Å². The molecule has 10 nitrogen and oxygen atoms in total. The molecule has 11 heteroatoms. The Labute approximate surface area is 181 Å². The van der Waals surface area contributed by atoms with Gasteiger partial charge in [0.1, 0.15) is 0 Å². The molecule has 1 amide bonds. The van der Waals surface area contributed by atoms with E-state index in [9.17, 15) is 4.79 Å². The predicted octanol–water partition coefficient (Wildman–Crippen LogP) is 2.33. The smallest absolute Gasteiger partial charge is 0.271 e. The fourth-order valence-corrected chi connectivity index (χ4v) is 3.90. The largest absolute Gasteiger partial charge is 0.493 e. The summed E-state index contributed by atoms with van der Waals surface area (Å²) in [5.74, 6) is 0.239.